The van der Waals surface area contributed by atoms with Crippen molar-refractivity contribution in [3.63, 3.8) is 0 Å². The van der Waals surface area contributed by atoms with Crippen LogP contribution in [0.4, 0.5) is 4.79 Å². The normalized spacial score (nSPS) is 5.75. The Morgan fingerprint density at radius 2 is 2.00 bits per heavy atom. The molecular weight excluding hydrogens is 185 g/mol. The molecule has 1 N–H and O–H groups in total. The molecule has 20 valence electrons. The molecule has 3 heteroatoms. The molecule has 0 aromatic heterocycles. The molecule has 0 spiro atoms. The second-order valence-corrected chi connectivity index (χ2v) is 1.92. The van der Waals surface area contributed by atoms with E-state index in [-0.39, 0.29) is 39.2 Å². The van der Waals surface area contributed by atoms with Crippen LogP contribution in [0.3, 0.4) is 0 Å². The summed E-state index contributed by atoms with van der Waals surface area (Å²) < 4.78 is -0.667. The average Bonchev–Trinajstić information content (AvgIpc) is 0.811. The van der Waals surface area contributed by atoms with Gasteiger partial charge in [0.15, 0.2) is 0 Å². The van der Waals surface area contributed by atoms with Crippen LogP contribution in [-0.4, -0.2) is 6.66 Å². The number of rotatable bonds is 0. The van der Waals surface area contributed by atoms with Gasteiger partial charge in [-0.3, -0.25) is 0 Å². The molecule has 0 saturated carbocycles. The Morgan fingerprint density at radius 1 is 2.00 bits per heavy atom. The van der Waals surface area contributed by atoms with E-state index in [9.17, 15) is 0 Å². The Labute approximate surface area is 50.1 Å². The van der Waals surface area contributed by atoms with Crippen LogP contribution < -0.4 is 0 Å². The van der Waals surface area contributed by atoms with Crippen molar-refractivity contribution in [3.05, 3.63) is 0 Å². The molecule has 0 aliphatic carbocycles. The third-order valence-electron chi connectivity index (χ3n) is 0. The van der Waals surface area contributed by atoms with E-state index in [1.54, 1.807) is 0 Å². The minimum atomic E-state index is -0.667. The minimum absolute atomic E-state index is 0.102. The quantitative estimate of drug-likeness (QED) is 0.587. The Hall–Kier alpha value is 0.834. The van der Waals surface area contributed by atoms with E-state index in [0.717, 1.165) is 0 Å². The molecule has 0 atom stereocenters. The van der Waals surface area contributed by atoms with Crippen molar-refractivity contribution in [1.29, 1.82) is 0 Å². The molecule has 4 heavy (non-hydrogen) atoms. The van der Waals surface area contributed by atoms with Crippen molar-refractivity contribution in [2.45, 2.75) is 0 Å². The van der Waals surface area contributed by atoms with Gasteiger partial charge in [0.1, 0.15) is 0 Å². The zero-order chi connectivity index (χ0) is 3.58. The SMILES string of the molecule is O=[C](O)[Pr]. The van der Waals surface area contributed by atoms with E-state index in [1.165, 1.54) is 0 Å². The van der Waals surface area contributed by atoms with Gasteiger partial charge in [-0.1, -0.05) is 0 Å². The zero-order valence-electron chi connectivity index (χ0n) is 1.93. The molecule has 0 aromatic carbocycles. The summed E-state index contributed by atoms with van der Waals surface area (Å²) in [5, 5.41) is 7.49. The fourth-order valence-electron chi connectivity index (χ4n) is 0. The predicted octanol–water partition coefficient (Wildman–Crippen LogP) is 0.214. The maximum atomic E-state index is 9.07. The van der Waals surface area contributed by atoms with Crippen molar-refractivity contribution < 1.29 is 49.1 Å². The molecule has 0 fully saturated rings. The molecule has 0 aromatic rings. The Bertz CT molecular complexity index is 29.0. The van der Waals surface area contributed by atoms with E-state index in [1.807, 2.05) is 0 Å². The van der Waals surface area contributed by atoms with Crippen molar-refractivity contribution in [1.82, 2.24) is 0 Å². The first-order valence-electron chi connectivity index (χ1n) is 0.716. The standard InChI is InChI=1S/CHO2.Pr/c2-1-3;/h(H,2,3);. The molecule has 0 heterocycles. The molecular formula is CHO2Pr. The third-order valence-corrected chi connectivity index (χ3v) is 0. The van der Waals surface area contributed by atoms with E-state index in [4.69, 9.17) is 9.90 Å². The maximum absolute atomic E-state index is 9.07. The summed E-state index contributed by atoms with van der Waals surface area (Å²) in [5.74, 6) is 0. The second-order valence-electron chi connectivity index (χ2n) is 0.338. The third kappa shape index (κ3) is 13.7. The van der Waals surface area contributed by atoms with Gasteiger partial charge in [-0.05, 0) is 0 Å². The van der Waals surface area contributed by atoms with E-state index < -0.39 is 1.55 Å². The number of hydrogen-bond acceptors (Lipinski definition) is 1. The Balaban J connectivity index is 2.80. The van der Waals surface area contributed by atoms with Gasteiger partial charge in [-0.15, -0.1) is 0 Å². The van der Waals surface area contributed by atoms with Gasteiger partial charge in [0.2, 0.25) is 0 Å². The van der Waals surface area contributed by atoms with Crippen LogP contribution in [0.2, 0.25) is 0 Å². The molecule has 0 rings (SSSR count). The number of hydrogen-bond donors (Lipinski definition) is 1. The summed E-state index contributed by atoms with van der Waals surface area (Å²) >= 11 is 0.102. The molecule has 0 amide bonds. The van der Waals surface area contributed by atoms with Gasteiger partial charge < -0.3 is 0 Å². The second kappa shape index (κ2) is 2.09. The number of carbonyl (C=O) groups is 1. The first kappa shape index (κ1) is 4.83. The first-order valence-corrected chi connectivity index (χ1v) is 2.57. The summed E-state index contributed by atoms with van der Waals surface area (Å²) in [5.41, 5.74) is 0. The van der Waals surface area contributed by atoms with Crippen molar-refractivity contribution in [2.75, 3.05) is 0 Å². The Morgan fingerprint density at radius 3 is 2.00 bits per heavy atom. The Kier molecular flexibility index (Phi) is 2.53. The average molecular weight is 186 g/mol. The van der Waals surface area contributed by atoms with Gasteiger partial charge in [0, 0.05) is 0 Å². The van der Waals surface area contributed by atoms with Crippen LogP contribution in [0.25, 0.3) is 0 Å². The van der Waals surface area contributed by atoms with Gasteiger partial charge in [0.25, 0.3) is 0 Å². The zero-order valence-corrected chi connectivity index (χ0v) is 5.64. The monoisotopic (exact) mass is 186 g/mol. The molecule has 0 aliphatic rings. The summed E-state index contributed by atoms with van der Waals surface area (Å²) in [6.45, 7) is 0. The molecule has 0 saturated heterocycles. The molecule has 0 radical (unpaired) electrons. The first-order chi connectivity index (χ1) is 1.73. The molecule has 0 aliphatic heterocycles. The van der Waals surface area contributed by atoms with Crippen LogP contribution in [0.1, 0.15) is 0 Å². The molecule has 0 unspecified atom stereocenters. The summed E-state index contributed by atoms with van der Waals surface area (Å²) in [7, 11) is 0. The number of carboxylic acid groups (broad SMARTS) is 1. The van der Waals surface area contributed by atoms with E-state index >= 15 is 0 Å². The van der Waals surface area contributed by atoms with Crippen LogP contribution in [0.15, 0.2) is 0 Å². The van der Waals surface area contributed by atoms with Gasteiger partial charge in [0.05, 0.1) is 0 Å². The topological polar surface area (TPSA) is 37.3 Å². The van der Waals surface area contributed by atoms with Crippen molar-refractivity contribution in [2.24, 2.45) is 0 Å². The van der Waals surface area contributed by atoms with Crippen LogP contribution in [0.5, 0.6) is 0 Å². The predicted molar refractivity (Wildman–Crippen MR) is 8.02 cm³/mol. The van der Waals surface area contributed by atoms with Crippen molar-refractivity contribution >= 4 is 1.55 Å². The van der Waals surface area contributed by atoms with E-state index in [2.05, 4.69) is 0 Å². The van der Waals surface area contributed by atoms with Gasteiger partial charge in [-0.25, -0.2) is 0 Å². The summed E-state index contributed by atoms with van der Waals surface area (Å²) in [6, 6.07) is 0. The van der Waals surface area contributed by atoms with Crippen molar-refractivity contribution in [3.8, 4) is 0 Å². The fourth-order valence-corrected chi connectivity index (χ4v) is 0. The fraction of sp³-hybridized carbons (Fsp3) is 0. The summed E-state index contributed by atoms with van der Waals surface area (Å²) in [4.78, 5) is 9.07. The van der Waals surface area contributed by atoms with Crippen LogP contribution in [-0.2, 0) is 0 Å². The van der Waals surface area contributed by atoms with E-state index in [0.29, 0.717) is 0 Å². The van der Waals surface area contributed by atoms with Crippen LogP contribution >= 0.6 is 0 Å². The molecule has 2 nitrogen and oxygen atoms in total. The summed E-state index contributed by atoms with van der Waals surface area (Å²) in [6.07, 6.45) is 0. The van der Waals surface area contributed by atoms with Gasteiger partial charge >= 0.3 is 50.7 Å². The van der Waals surface area contributed by atoms with Gasteiger partial charge in [-0.2, -0.15) is 0 Å². The molecule has 0 bridgehead atoms. The van der Waals surface area contributed by atoms with Crippen LogP contribution in [0, 0.1) is 39.2 Å².